The molecule has 31 heavy (non-hydrogen) atoms. The van der Waals surface area contributed by atoms with Gasteiger partial charge in [-0.1, -0.05) is 27.7 Å². The molecule has 1 N–H and O–H groups in total. The monoisotopic (exact) mass is 428 g/mol. The largest absolute Gasteiger partial charge is 0.459 e. The van der Waals surface area contributed by atoms with E-state index in [1.807, 2.05) is 0 Å². The lowest BCUT2D eigenvalue weighted by atomic mass is 9.41. The highest BCUT2D eigenvalue weighted by Gasteiger charge is 2.84. The second kappa shape index (κ2) is 5.59. The molecule has 2 spiro atoms. The van der Waals surface area contributed by atoms with E-state index in [0.29, 0.717) is 30.0 Å². The van der Waals surface area contributed by atoms with Crippen LogP contribution < -0.4 is 0 Å². The molecule has 5 saturated carbocycles. The van der Waals surface area contributed by atoms with Crippen LogP contribution in [-0.2, 0) is 14.3 Å². The molecule has 0 aromatic heterocycles. The van der Waals surface area contributed by atoms with Crippen molar-refractivity contribution >= 4 is 11.8 Å². The standard InChI is InChI=1S/C27H40O4/c1-22(2)18-14-16(28)21-24(4)9-6-17(25(5)10-8-20(30)31-25)23(24,3)12-13-27(21)15-26(18,27)11-7-19(22)29/h16-18,21,28H,6-15H2,1-5H3. The number of aliphatic hydroxyl groups is 1. The molecule has 0 aromatic carbocycles. The van der Waals surface area contributed by atoms with Crippen LogP contribution in [0.25, 0.3) is 0 Å². The minimum absolute atomic E-state index is 0.0391. The summed E-state index contributed by atoms with van der Waals surface area (Å²) >= 11 is 0. The van der Waals surface area contributed by atoms with E-state index in [2.05, 4.69) is 34.6 Å². The molecule has 0 amide bonds. The normalized spacial score (nSPS) is 59.3. The van der Waals surface area contributed by atoms with Gasteiger partial charge >= 0.3 is 5.97 Å². The Hall–Kier alpha value is -0.900. The average Bonchev–Trinajstić information content (AvgIpc) is 3.06. The molecular weight excluding hydrogens is 388 g/mol. The summed E-state index contributed by atoms with van der Waals surface area (Å²) < 4.78 is 5.98. The number of esters is 1. The number of rotatable bonds is 1. The quantitative estimate of drug-likeness (QED) is 0.593. The van der Waals surface area contributed by atoms with Crippen LogP contribution in [0.2, 0.25) is 0 Å². The van der Waals surface area contributed by atoms with Crippen LogP contribution in [0.3, 0.4) is 0 Å². The highest BCUT2D eigenvalue weighted by Crippen LogP contribution is 2.89. The van der Waals surface area contributed by atoms with Crippen LogP contribution in [0, 0.1) is 44.8 Å². The molecule has 172 valence electrons. The zero-order valence-corrected chi connectivity index (χ0v) is 20.1. The fourth-order valence-corrected chi connectivity index (χ4v) is 11.1. The van der Waals surface area contributed by atoms with Crippen molar-refractivity contribution in [3.05, 3.63) is 0 Å². The molecule has 0 aromatic rings. The third kappa shape index (κ3) is 2.09. The first-order chi connectivity index (χ1) is 14.4. The fraction of sp³-hybridized carbons (Fsp3) is 0.926. The first kappa shape index (κ1) is 20.7. The third-order valence-corrected chi connectivity index (χ3v) is 12.7. The van der Waals surface area contributed by atoms with Gasteiger partial charge in [0.25, 0.3) is 0 Å². The molecule has 4 nitrogen and oxygen atoms in total. The number of ketones is 1. The first-order valence-electron chi connectivity index (χ1n) is 12.8. The van der Waals surface area contributed by atoms with Gasteiger partial charge in [-0.15, -0.1) is 0 Å². The van der Waals surface area contributed by atoms with Crippen LogP contribution >= 0.6 is 0 Å². The minimum Gasteiger partial charge on any atom is -0.459 e. The summed E-state index contributed by atoms with van der Waals surface area (Å²) in [7, 11) is 0. The van der Waals surface area contributed by atoms with E-state index in [1.165, 1.54) is 12.8 Å². The molecule has 1 aliphatic heterocycles. The predicted molar refractivity (Wildman–Crippen MR) is 117 cm³/mol. The number of Topliss-reactive ketones (excluding diaryl/α,β-unsaturated/α-hetero) is 1. The lowest BCUT2D eigenvalue weighted by Crippen LogP contribution is -2.62. The lowest BCUT2D eigenvalue weighted by Gasteiger charge is -2.64. The molecule has 9 unspecified atom stereocenters. The Morgan fingerprint density at radius 2 is 1.58 bits per heavy atom. The molecule has 5 aliphatic carbocycles. The molecule has 0 bridgehead atoms. The molecule has 1 heterocycles. The van der Waals surface area contributed by atoms with E-state index in [-0.39, 0.29) is 44.7 Å². The maximum absolute atomic E-state index is 12.8. The van der Waals surface area contributed by atoms with E-state index in [1.54, 1.807) is 0 Å². The maximum atomic E-state index is 12.8. The van der Waals surface area contributed by atoms with Crippen LogP contribution in [0.1, 0.15) is 98.8 Å². The van der Waals surface area contributed by atoms with Crippen molar-refractivity contribution in [2.75, 3.05) is 0 Å². The molecule has 0 radical (unpaired) electrons. The summed E-state index contributed by atoms with van der Waals surface area (Å²) in [6.07, 6.45) is 9.35. The molecule has 4 heteroatoms. The number of hydrogen-bond donors (Lipinski definition) is 1. The van der Waals surface area contributed by atoms with Crippen molar-refractivity contribution in [1.29, 1.82) is 0 Å². The first-order valence-corrected chi connectivity index (χ1v) is 12.8. The summed E-state index contributed by atoms with van der Waals surface area (Å²) in [5, 5.41) is 11.7. The number of carbonyl (C=O) groups excluding carboxylic acids is 2. The molecule has 6 aliphatic rings. The van der Waals surface area contributed by atoms with Gasteiger partial charge in [0.2, 0.25) is 0 Å². The van der Waals surface area contributed by atoms with Gasteiger partial charge in [0, 0.05) is 24.2 Å². The summed E-state index contributed by atoms with van der Waals surface area (Å²) in [6, 6.07) is 0. The summed E-state index contributed by atoms with van der Waals surface area (Å²) in [4.78, 5) is 24.9. The van der Waals surface area contributed by atoms with Gasteiger partial charge in [0.1, 0.15) is 11.4 Å². The number of cyclic esters (lactones) is 1. The van der Waals surface area contributed by atoms with Crippen molar-refractivity contribution in [1.82, 2.24) is 0 Å². The van der Waals surface area contributed by atoms with Gasteiger partial charge < -0.3 is 9.84 Å². The van der Waals surface area contributed by atoms with Crippen LogP contribution in [-0.4, -0.2) is 28.6 Å². The highest BCUT2D eigenvalue weighted by molar-refractivity contribution is 5.86. The Kier molecular flexibility index (Phi) is 3.73. The Labute approximate surface area is 186 Å². The van der Waals surface area contributed by atoms with Crippen molar-refractivity contribution in [3.63, 3.8) is 0 Å². The van der Waals surface area contributed by atoms with Gasteiger partial charge in [0.15, 0.2) is 0 Å². The Balaban J connectivity index is 1.40. The van der Waals surface area contributed by atoms with E-state index in [0.717, 1.165) is 44.9 Å². The molecule has 1 saturated heterocycles. The number of fused-ring (bicyclic) bond motifs is 2. The van der Waals surface area contributed by atoms with Crippen molar-refractivity contribution in [2.24, 2.45) is 44.8 Å². The molecular formula is C27H40O4. The van der Waals surface area contributed by atoms with Gasteiger partial charge in [0.05, 0.1) is 6.10 Å². The summed E-state index contributed by atoms with van der Waals surface area (Å²) in [5.41, 5.74) is -0.0344. The molecule has 6 rings (SSSR count). The minimum atomic E-state index is -0.350. The highest BCUT2D eigenvalue weighted by atomic mass is 16.6. The number of aliphatic hydroxyl groups excluding tert-OH is 1. The fourth-order valence-electron chi connectivity index (χ4n) is 11.1. The summed E-state index contributed by atoms with van der Waals surface area (Å²) in [6.45, 7) is 11.4. The zero-order valence-electron chi connectivity index (χ0n) is 20.1. The second-order valence-electron chi connectivity index (χ2n) is 13.7. The van der Waals surface area contributed by atoms with Crippen molar-refractivity contribution in [2.45, 2.75) is 111 Å². The topological polar surface area (TPSA) is 63.6 Å². The molecule has 6 fully saturated rings. The molecule has 9 atom stereocenters. The number of ether oxygens (including phenoxy) is 1. The van der Waals surface area contributed by atoms with Crippen molar-refractivity contribution in [3.8, 4) is 0 Å². The van der Waals surface area contributed by atoms with E-state index < -0.39 is 0 Å². The smallest absolute Gasteiger partial charge is 0.306 e. The maximum Gasteiger partial charge on any atom is 0.306 e. The number of carbonyl (C=O) groups is 2. The van der Waals surface area contributed by atoms with Gasteiger partial charge in [-0.2, -0.15) is 0 Å². The van der Waals surface area contributed by atoms with Gasteiger partial charge in [-0.05, 0) is 91.8 Å². The Morgan fingerprint density at radius 1 is 0.839 bits per heavy atom. The average molecular weight is 429 g/mol. The Morgan fingerprint density at radius 3 is 2.26 bits per heavy atom. The van der Waals surface area contributed by atoms with E-state index >= 15 is 0 Å². The summed E-state index contributed by atoms with van der Waals surface area (Å²) in [5.74, 6) is 1.37. The van der Waals surface area contributed by atoms with Crippen LogP contribution in [0.5, 0.6) is 0 Å². The second-order valence-corrected chi connectivity index (χ2v) is 13.7. The van der Waals surface area contributed by atoms with Gasteiger partial charge in [-0.25, -0.2) is 0 Å². The Bertz CT molecular complexity index is 878. The van der Waals surface area contributed by atoms with E-state index in [4.69, 9.17) is 4.74 Å². The predicted octanol–water partition coefficient (Wildman–Crippen LogP) is 5.06. The third-order valence-electron chi connectivity index (χ3n) is 12.7. The van der Waals surface area contributed by atoms with Gasteiger partial charge in [-0.3, -0.25) is 9.59 Å². The van der Waals surface area contributed by atoms with Crippen LogP contribution in [0.15, 0.2) is 0 Å². The van der Waals surface area contributed by atoms with Crippen LogP contribution in [0.4, 0.5) is 0 Å². The SMILES string of the molecule is CC1(C2CCC3(C)C4C(O)CC5C(C)(C)C(=O)CCC56CC46CCC23C)CCC(=O)O1. The van der Waals surface area contributed by atoms with E-state index in [9.17, 15) is 14.7 Å². The lowest BCUT2D eigenvalue weighted by molar-refractivity contribution is -0.200. The number of hydrogen-bond acceptors (Lipinski definition) is 4. The zero-order chi connectivity index (χ0) is 22.2. The van der Waals surface area contributed by atoms with Crippen molar-refractivity contribution < 1.29 is 19.4 Å².